The number of hydrogen-bond donors (Lipinski definition) is 2. The Morgan fingerprint density at radius 1 is 1.47 bits per heavy atom. The maximum absolute atomic E-state index is 8.81. The lowest BCUT2D eigenvalue weighted by Gasteiger charge is -2.22. The summed E-state index contributed by atoms with van der Waals surface area (Å²) in [6.45, 7) is 5.11. The molecule has 1 aromatic carbocycles. The molecule has 0 amide bonds. The van der Waals surface area contributed by atoms with Gasteiger partial charge < -0.3 is 15.8 Å². The first-order chi connectivity index (χ1) is 8.10. The Bertz CT molecular complexity index is 402. The van der Waals surface area contributed by atoms with Gasteiger partial charge in [0.25, 0.3) is 0 Å². The van der Waals surface area contributed by atoms with Crippen molar-refractivity contribution >= 4 is 11.5 Å². The molecule has 1 aromatic rings. The van der Waals surface area contributed by atoms with Gasteiger partial charge in [-0.05, 0) is 25.5 Å². The summed E-state index contributed by atoms with van der Waals surface area (Å²) in [6, 6.07) is 5.98. The van der Waals surface area contributed by atoms with Crippen LogP contribution in [0.1, 0.15) is 30.9 Å². The van der Waals surface area contributed by atoms with Crippen molar-refractivity contribution in [3.63, 3.8) is 0 Å². The van der Waals surface area contributed by atoms with Crippen molar-refractivity contribution in [1.82, 2.24) is 0 Å². The summed E-state index contributed by atoms with van der Waals surface area (Å²) in [5, 5.41) is 11.9. The summed E-state index contributed by atoms with van der Waals surface area (Å²) in [4.78, 5) is 2.14. The fourth-order valence-electron chi connectivity index (χ4n) is 1.76. The number of amidine groups is 1. The second kappa shape index (κ2) is 6.13. The Balaban J connectivity index is 3.05. The lowest BCUT2D eigenvalue weighted by molar-refractivity contribution is 0.318. The minimum Gasteiger partial charge on any atom is -0.409 e. The monoisotopic (exact) mass is 235 g/mol. The summed E-state index contributed by atoms with van der Waals surface area (Å²) < 4.78 is 0. The highest BCUT2D eigenvalue weighted by atomic mass is 16.4. The average Bonchev–Trinajstić information content (AvgIpc) is 2.34. The molecule has 0 aliphatic carbocycles. The van der Waals surface area contributed by atoms with Crippen LogP contribution in [0.25, 0.3) is 0 Å². The van der Waals surface area contributed by atoms with Gasteiger partial charge in [-0.1, -0.05) is 30.1 Å². The van der Waals surface area contributed by atoms with Gasteiger partial charge in [-0.25, -0.2) is 0 Å². The van der Waals surface area contributed by atoms with Crippen molar-refractivity contribution < 1.29 is 5.21 Å². The quantitative estimate of drug-likeness (QED) is 0.356. The summed E-state index contributed by atoms with van der Waals surface area (Å²) in [5.41, 5.74) is 8.58. The first kappa shape index (κ1) is 13.4. The number of oxime groups is 1. The molecule has 0 heterocycles. The van der Waals surface area contributed by atoms with E-state index in [1.165, 1.54) is 0 Å². The van der Waals surface area contributed by atoms with Gasteiger partial charge in [-0.15, -0.1) is 0 Å². The van der Waals surface area contributed by atoms with E-state index < -0.39 is 0 Å². The number of benzene rings is 1. The van der Waals surface area contributed by atoms with E-state index in [-0.39, 0.29) is 5.84 Å². The topological polar surface area (TPSA) is 61.8 Å². The molecular weight excluding hydrogens is 214 g/mol. The zero-order chi connectivity index (χ0) is 12.8. The maximum atomic E-state index is 8.81. The Morgan fingerprint density at radius 3 is 2.76 bits per heavy atom. The van der Waals surface area contributed by atoms with Crippen LogP contribution in [-0.2, 0) is 0 Å². The highest BCUT2D eigenvalue weighted by Gasteiger charge is 2.10. The number of rotatable bonds is 5. The second-order valence-electron chi connectivity index (χ2n) is 4.28. The van der Waals surface area contributed by atoms with E-state index in [1.807, 2.05) is 32.2 Å². The predicted octanol–water partition coefficient (Wildman–Crippen LogP) is 2.33. The van der Waals surface area contributed by atoms with Gasteiger partial charge in [-0.2, -0.15) is 0 Å². The molecule has 0 saturated carbocycles. The van der Waals surface area contributed by atoms with Crippen LogP contribution in [0, 0.1) is 6.92 Å². The lowest BCUT2D eigenvalue weighted by Crippen LogP contribution is -2.23. The highest BCUT2D eigenvalue weighted by molar-refractivity contribution is 6.02. The number of nitrogens with two attached hydrogens (primary N) is 1. The van der Waals surface area contributed by atoms with E-state index in [9.17, 15) is 0 Å². The third kappa shape index (κ3) is 3.37. The van der Waals surface area contributed by atoms with Crippen LogP contribution in [0.3, 0.4) is 0 Å². The van der Waals surface area contributed by atoms with Crippen LogP contribution < -0.4 is 10.6 Å². The third-order valence-corrected chi connectivity index (χ3v) is 2.79. The average molecular weight is 235 g/mol. The summed E-state index contributed by atoms with van der Waals surface area (Å²) in [6.07, 6.45) is 2.27. The number of hydrogen-bond acceptors (Lipinski definition) is 3. The van der Waals surface area contributed by atoms with Crippen LogP contribution in [-0.4, -0.2) is 24.6 Å². The van der Waals surface area contributed by atoms with Gasteiger partial charge in [0.15, 0.2) is 5.84 Å². The Labute approximate surface area is 103 Å². The fourth-order valence-corrected chi connectivity index (χ4v) is 1.76. The molecule has 17 heavy (non-hydrogen) atoms. The molecule has 0 radical (unpaired) electrons. The van der Waals surface area contributed by atoms with E-state index in [1.54, 1.807) is 0 Å². The van der Waals surface area contributed by atoms with Gasteiger partial charge in [0.1, 0.15) is 0 Å². The first-order valence-corrected chi connectivity index (χ1v) is 5.89. The molecule has 0 bridgehead atoms. The van der Waals surface area contributed by atoms with Crippen molar-refractivity contribution in [3.8, 4) is 0 Å². The summed E-state index contributed by atoms with van der Waals surface area (Å²) in [5.74, 6) is 0.159. The van der Waals surface area contributed by atoms with Gasteiger partial charge >= 0.3 is 0 Å². The lowest BCUT2D eigenvalue weighted by atomic mass is 10.1. The summed E-state index contributed by atoms with van der Waals surface area (Å²) in [7, 11) is 2.02. The molecule has 0 aliphatic heterocycles. The molecule has 4 nitrogen and oxygen atoms in total. The van der Waals surface area contributed by atoms with Crippen LogP contribution in [0.2, 0.25) is 0 Å². The van der Waals surface area contributed by atoms with Crippen molar-refractivity contribution in [1.29, 1.82) is 0 Å². The van der Waals surface area contributed by atoms with Gasteiger partial charge in [0.2, 0.25) is 0 Å². The van der Waals surface area contributed by atoms with Crippen molar-refractivity contribution in [3.05, 3.63) is 29.3 Å². The molecule has 0 spiro atoms. The first-order valence-electron chi connectivity index (χ1n) is 5.89. The number of nitrogens with zero attached hydrogens (tertiary/aromatic N) is 2. The molecular formula is C13H21N3O. The molecule has 0 saturated heterocycles. The van der Waals surface area contributed by atoms with E-state index >= 15 is 0 Å². The maximum Gasteiger partial charge on any atom is 0.172 e. The Kier molecular flexibility index (Phi) is 4.82. The molecule has 4 heteroatoms. The normalized spacial score (nSPS) is 11.6. The predicted molar refractivity (Wildman–Crippen MR) is 71.9 cm³/mol. The van der Waals surface area contributed by atoms with Crippen LogP contribution in [0.5, 0.6) is 0 Å². The minimum absolute atomic E-state index is 0.159. The standard InChI is InChI=1S/C13H21N3O/c1-4-5-8-16(3)12-7-6-10(2)9-11(12)13(14)15-17/h6-7,9,17H,4-5,8H2,1-3H3,(H2,14,15). The third-order valence-electron chi connectivity index (χ3n) is 2.79. The van der Waals surface area contributed by atoms with Crippen molar-refractivity contribution in [2.75, 3.05) is 18.5 Å². The molecule has 0 atom stereocenters. The fraction of sp³-hybridized carbons (Fsp3) is 0.462. The smallest absolute Gasteiger partial charge is 0.172 e. The zero-order valence-electron chi connectivity index (χ0n) is 10.8. The van der Waals surface area contributed by atoms with E-state index in [4.69, 9.17) is 10.9 Å². The minimum atomic E-state index is 0.159. The van der Waals surface area contributed by atoms with Crippen LogP contribution >= 0.6 is 0 Å². The number of unbranched alkanes of at least 4 members (excludes halogenated alkanes) is 1. The van der Waals surface area contributed by atoms with Crippen LogP contribution in [0.4, 0.5) is 5.69 Å². The molecule has 94 valence electrons. The molecule has 1 rings (SSSR count). The molecule has 3 N–H and O–H groups in total. The Morgan fingerprint density at radius 2 is 2.18 bits per heavy atom. The SMILES string of the molecule is CCCCN(C)c1ccc(C)cc1/C(N)=N/O. The second-order valence-corrected chi connectivity index (χ2v) is 4.28. The highest BCUT2D eigenvalue weighted by Crippen LogP contribution is 2.21. The molecule has 0 aromatic heterocycles. The zero-order valence-corrected chi connectivity index (χ0v) is 10.8. The number of anilines is 1. The van der Waals surface area contributed by atoms with E-state index in [0.717, 1.165) is 36.2 Å². The molecule has 0 fully saturated rings. The molecule has 0 unspecified atom stereocenters. The van der Waals surface area contributed by atoms with Crippen molar-refractivity contribution in [2.24, 2.45) is 10.9 Å². The van der Waals surface area contributed by atoms with Gasteiger partial charge in [0, 0.05) is 24.8 Å². The van der Waals surface area contributed by atoms with E-state index in [0.29, 0.717) is 0 Å². The van der Waals surface area contributed by atoms with Gasteiger partial charge in [-0.3, -0.25) is 0 Å². The Hall–Kier alpha value is -1.71. The number of aryl methyl sites for hydroxylation is 1. The molecule has 0 aliphatic rings. The largest absolute Gasteiger partial charge is 0.409 e. The summed E-state index contributed by atoms with van der Waals surface area (Å²) >= 11 is 0. The van der Waals surface area contributed by atoms with E-state index in [2.05, 4.69) is 17.0 Å². The van der Waals surface area contributed by atoms with Crippen molar-refractivity contribution in [2.45, 2.75) is 26.7 Å². The van der Waals surface area contributed by atoms with Crippen LogP contribution in [0.15, 0.2) is 23.4 Å². The van der Waals surface area contributed by atoms with Gasteiger partial charge in [0.05, 0.1) is 0 Å².